The number of carbonyl (C=O) groups is 1. The molecule has 0 bridgehead atoms. The molecule has 6 nitrogen and oxygen atoms in total. The predicted octanol–water partition coefficient (Wildman–Crippen LogP) is 1.29. The third-order valence-electron chi connectivity index (χ3n) is 2.14. The first-order chi connectivity index (χ1) is 9.00. The van der Waals surface area contributed by atoms with Crippen LogP contribution in [0.1, 0.15) is 41.5 Å². The lowest BCUT2D eigenvalue weighted by Gasteiger charge is -2.16. The maximum absolute atomic E-state index is 10.0. The molecular weight excluding hydrogens is 264 g/mol. The number of aliphatic carboxylic acids is 1. The molecule has 0 heterocycles. The average molecular weight is 294 g/mol. The fourth-order valence-corrected chi connectivity index (χ4v) is 0.704. The zero-order valence-corrected chi connectivity index (χ0v) is 13.4. The van der Waals surface area contributed by atoms with Gasteiger partial charge in [0.2, 0.25) is 0 Å². The fraction of sp³-hybridized carbons (Fsp3) is 0.929. The van der Waals surface area contributed by atoms with E-state index in [-0.39, 0.29) is 18.8 Å². The minimum Gasteiger partial charge on any atom is -0.481 e. The SMILES string of the molecule is CC(C)(C)C(=O)O.CC(O)COC(C)COC(C)CO. The average Bonchev–Trinajstić information content (AvgIpc) is 2.32. The Morgan fingerprint density at radius 3 is 1.75 bits per heavy atom. The van der Waals surface area contributed by atoms with Crippen molar-refractivity contribution in [2.45, 2.75) is 59.9 Å². The van der Waals surface area contributed by atoms with E-state index >= 15 is 0 Å². The van der Waals surface area contributed by atoms with Crippen molar-refractivity contribution in [3.05, 3.63) is 0 Å². The molecule has 3 N–H and O–H groups in total. The highest BCUT2D eigenvalue weighted by Crippen LogP contribution is 2.11. The van der Waals surface area contributed by atoms with E-state index in [9.17, 15) is 4.79 Å². The molecule has 3 atom stereocenters. The van der Waals surface area contributed by atoms with Crippen molar-refractivity contribution in [3.63, 3.8) is 0 Å². The Balaban J connectivity index is 0. The number of rotatable bonds is 7. The van der Waals surface area contributed by atoms with Crippen LogP contribution in [0.25, 0.3) is 0 Å². The quantitative estimate of drug-likeness (QED) is 0.654. The Morgan fingerprint density at radius 1 is 1.05 bits per heavy atom. The number of ether oxygens (including phenoxy) is 2. The third kappa shape index (κ3) is 15.4. The molecule has 0 fully saturated rings. The summed E-state index contributed by atoms with van der Waals surface area (Å²) in [6.07, 6.45) is -0.654. The number of hydrogen-bond donors (Lipinski definition) is 3. The molecular formula is C14H30O6. The summed E-state index contributed by atoms with van der Waals surface area (Å²) in [5.74, 6) is -0.757. The van der Waals surface area contributed by atoms with E-state index in [1.165, 1.54) is 0 Å². The van der Waals surface area contributed by atoms with E-state index in [0.29, 0.717) is 13.2 Å². The van der Waals surface area contributed by atoms with Crippen LogP contribution in [0.4, 0.5) is 0 Å². The summed E-state index contributed by atoms with van der Waals surface area (Å²) in [6.45, 7) is 11.1. The van der Waals surface area contributed by atoms with Crippen LogP contribution >= 0.6 is 0 Å². The normalized spacial score (nSPS) is 15.8. The molecule has 0 aliphatic rings. The number of carboxylic acids is 1. The highest BCUT2D eigenvalue weighted by atomic mass is 16.5. The van der Waals surface area contributed by atoms with Crippen molar-refractivity contribution in [2.24, 2.45) is 5.41 Å². The van der Waals surface area contributed by atoms with Crippen LogP contribution in [0, 0.1) is 5.41 Å². The summed E-state index contributed by atoms with van der Waals surface area (Å²) < 4.78 is 10.5. The first-order valence-corrected chi connectivity index (χ1v) is 6.76. The monoisotopic (exact) mass is 294 g/mol. The molecule has 0 aromatic heterocycles. The van der Waals surface area contributed by atoms with Crippen LogP contribution in [0.3, 0.4) is 0 Å². The van der Waals surface area contributed by atoms with E-state index in [2.05, 4.69) is 0 Å². The molecule has 20 heavy (non-hydrogen) atoms. The second kappa shape index (κ2) is 11.0. The molecule has 0 aliphatic heterocycles. The topological polar surface area (TPSA) is 96.2 Å². The molecule has 0 amide bonds. The van der Waals surface area contributed by atoms with Crippen LogP contribution in [-0.4, -0.2) is 59.4 Å². The molecule has 122 valence electrons. The van der Waals surface area contributed by atoms with Gasteiger partial charge in [0.25, 0.3) is 0 Å². The van der Waals surface area contributed by atoms with E-state index in [0.717, 1.165) is 0 Å². The van der Waals surface area contributed by atoms with Gasteiger partial charge in [0, 0.05) is 0 Å². The first kappa shape index (κ1) is 21.6. The van der Waals surface area contributed by atoms with Crippen LogP contribution < -0.4 is 0 Å². The maximum Gasteiger partial charge on any atom is 0.308 e. The lowest BCUT2D eigenvalue weighted by molar-refractivity contribution is -0.145. The predicted molar refractivity (Wildman–Crippen MR) is 76.7 cm³/mol. The van der Waals surface area contributed by atoms with Gasteiger partial charge in [0.1, 0.15) is 0 Å². The summed E-state index contributed by atoms with van der Waals surface area (Å²) in [7, 11) is 0. The zero-order valence-electron chi connectivity index (χ0n) is 13.4. The molecule has 0 saturated heterocycles. The Morgan fingerprint density at radius 2 is 1.45 bits per heavy atom. The summed E-state index contributed by atoms with van der Waals surface area (Å²) in [4.78, 5) is 10.0. The van der Waals surface area contributed by atoms with E-state index in [1.54, 1.807) is 34.6 Å². The summed E-state index contributed by atoms with van der Waals surface area (Å²) >= 11 is 0. The molecule has 0 aromatic rings. The number of aliphatic hydroxyl groups excluding tert-OH is 2. The highest BCUT2D eigenvalue weighted by molar-refractivity contribution is 5.72. The zero-order chi connectivity index (χ0) is 16.3. The Hall–Kier alpha value is -0.690. The maximum atomic E-state index is 10.0. The van der Waals surface area contributed by atoms with Crippen molar-refractivity contribution in [2.75, 3.05) is 19.8 Å². The van der Waals surface area contributed by atoms with Crippen molar-refractivity contribution in [1.82, 2.24) is 0 Å². The van der Waals surface area contributed by atoms with Gasteiger partial charge in [0.05, 0.1) is 43.5 Å². The number of hydrogen-bond acceptors (Lipinski definition) is 5. The van der Waals surface area contributed by atoms with Gasteiger partial charge >= 0.3 is 5.97 Å². The van der Waals surface area contributed by atoms with Gasteiger partial charge in [-0.2, -0.15) is 0 Å². The van der Waals surface area contributed by atoms with Crippen molar-refractivity contribution in [1.29, 1.82) is 0 Å². The van der Waals surface area contributed by atoms with Gasteiger partial charge in [0.15, 0.2) is 0 Å². The lowest BCUT2D eigenvalue weighted by atomic mass is 9.98. The van der Waals surface area contributed by atoms with Crippen LogP contribution in [0.2, 0.25) is 0 Å². The van der Waals surface area contributed by atoms with Gasteiger partial charge in [-0.1, -0.05) is 0 Å². The molecule has 3 unspecified atom stereocenters. The van der Waals surface area contributed by atoms with E-state index < -0.39 is 17.5 Å². The van der Waals surface area contributed by atoms with E-state index in [4.69, 9.17) is 24.8 Å². The fourth-order valence-electron chi connectivity index (χ4n) is 0.704. The van der Waals surface area contributed by atoms with Crippen LogP contribution in [0.5, 0.6) is 0 Å². The summed E-state index contributed by atoms with van der Waals surface area (Å²) in [5, 5.41) is 25.8. The van der Waals surface area contributed by atoms with Crippen LogP contribution in [-0.2, 0) is 14.3 Å². The summed E-state index contributed by atoms with van der Waals surface area (Å²) in [5.41, 5.74) is -0.583. The molecule has 0 aliphatic carbocycles. The second-order valence-corrected chi connectivity index (χ2v) is 5.87. The Kier molecular flexibility index (Phi) is 11.9. The van der Waals surface area contributed by atoms with Crippen molar-refractivity contribution >= 4 is 5.97 Å². The number of carboxylic acid groups (broad SMARTS) is 1. The van der Waals surface area contributed by atoms with E-state index in [1.807, 2.05) is 6.92 Å². The summed E-state index contributed by atoms with van der Waals surface area (Å²) in [6, 6.07) is 0. The minimum atomic E-state index is -0.757. The largest absolute Gasteiger partial charge is 0.481 e. The molecule has 0 spiro atoms. The van der Waals surface area contributed by atoms with Gasteiger partial charge in [-0.25, -0.2) is 0 Å². The lowest BCUT2D eigenvalue weighted by Crippen LogP contribution is -2.24. The first-order valence-electron chi connectivity index (χ1n) is 6.76. The van der Waals surface area contributed by atoms with Gasteiger partial charge < -0.3 is 24.8 Å². The second-order valence-electron chi connectivity index (χ2n) is 5.87. The van der Waals surface area contributed by atoms with Gasteiger partial charge in [-0.3, -0.25) is 4.79 Å². The Labute approximate surface area is 121 Å². The van der Waals surface area contributed by atoms with Gasteiger partial charge in [-0.15, -0.1) is 0 Å². The highest BCUT2D eigenvalue weighted by Gasteiger charge is 2.18. The standard InChI is InChI=1S/C9H20O4.C5H10O2/c1-7(11)5-12-9(3)6-13-8(2)4-10;1-5(2,3)4(6)7/h7-11H,4-6H2,1-3H3;1-3H3,(H,6,7). The molecule has 6 heteroatoms. The minimum absolute atomic E-state index is 0.0170. The number of aliphatic hydroxyl groups is 2. The van der Waals surface area contributed by atoms with Crippen molar-refractivity contribution < 1.29 is 29.6 Å². The third-order valence-corrected chi connectivity index (χ3v) is 2.14. The smallest absolute Gasteiger partial charge is 0.308 e. The Bertz CT molecular complexity index is 247. The van der Waals surface area contributed by atoms with Crippen molar-refractivity contribution in [3.8, 4) is 0 Å². The molecule has 0 saturated carbocycles. The van der Waals surface area contributed by atoms with Gasteiger partial charge in [-0.05, 0) is 41.5 Å². The molecule has 0 rings (SSSR count). The molecule has 0 radical (unpaired) electrons. The van der Waals surface area contributed by atoms with Crippen LogP contribution in [0.15, 0.2) is 0 Å². The molecule has 0 aromatic carbocycles.